The summed E-state index contributed by atoms with van der Waals surface area (Å²) in [4.78, 5) is 5.39. The second kappa shape index (κ2) is 8.38. The lowest BCUT2D eigenvalue weighted by Crippen LogP contribution is -2.19. The van der Waals surface area contributed by atoms with Crippen LogP contribution in [0.3, 0.4) is 0 Å². The van der Waals surface area contributed by atoms with E-state index in [9.17, 15) is 0 Å². The summed E-state index contributed by atoms with van der Waals surface area (Å²) in [6, 6.07) is 18.3. The van der Waals surface area contributed by atoms with E-state index in [-0.39, 0.29) is 5.71 Å². The maximum atomic E-state index is 8.77. The first-order chi connectivity index (χ1) is 10.8. The fraction of sp³-hybridized carbons (Fsp3) is 0. The summed E-state index contributed by atoms with van der Waals surface area (Å²) in [6.45, 7) is 0. The quantitative estimate of drug-likeness (QED) is 0.385. The van der Waals surface area contributed by atoms with Crippen molar-refractivity contribution in [1.29, 1.82) is 0 Å². The van der Waals surface area contributed by atoms with Gasteiger partial charge in [-0.05, 0) is 12.1 Å². The Labute approximate surface area is 130 Å². The van der Waals surface area contributed by atoms with Gasteiger partial charge in [-0.2, -0.15) is 0 Å². The third kappa shape index (κ3) is 4.28. The molecule has 2 aromatic carbocycles. The lowest BCUT2D eigenvalue weighted by atomic mass is 10.1. The standard InChI is InChI=1S/C15H12N3O3Si/c19-16-11-14(17-21-22)15(12-7-3-1-4-8-12)18-20-13-9-5-2-6-10-13/h1-11,19H. The number of benzene rings is 2. The zero-order valence-corrected chi connectivity index (χ0v) is 12.5. The van der Waals surface area contributed by atoms with E-state index in [2.05, 4.69) is 30.5 Å². The number of nitrogens with zero attached hydrogens (tertiary/aromatic N) is 3. The van der Waals surface area contributed by atoms with Gasteiger partial charge in [-0.25, -0.2) is 0 Å². The van der Waals surface area contributed by atoms with Crippen molar-refractivity contribution in [3.05, 3.63) is 66.2 Å². The van der Waals surface area contributed by atoms with Gasteiger partial charge < -0.3 is 14.6 Å². The summed E-state index contributed by atoms with van der Waals surface area (Å²) >= 11 is 0. The molecule has 0 aliphatic heterocycles. The average molecular weight is 310 g/mol. The third-order valence-corrected chi connectivity index (χ3v) is 2.69. The van der Waals surface area contributed by atoms with Crippen molar-refractivity contribution < 1.29 is 14.6 Å². The first-order valence-corrected chi connectivity index (χ1v) is 6.70. The molecule has 2 rings (SSSR count). The molecular weight excluding hydrogens is 298 g/mol. The molecule has 0 aromatic heterocycles. The van der Waals surface area contributed by atoms with Crippen molar-refractivity contribution >= 4 is 28.1 Å². The normalized spacial score (nSPS) is 12.4. The topological polar surface area (TPSA) is 75.8 Å². The first-order valence-electron chi connectivity index (χ1n) is 6.29. The van der Waals surface area contributed by atoms with Crippen LogP contribution in [-0.4, -0.2) is 33.3 Å². The average Bonchev–Trinajstić information content (AvgIpc) is 2.57. The summed E-state index contributed by atoms with van der Waals surface area (Å²) in [6.07, 6.45) is 1.10. The van der Waals surface area contributed by atoms with E-state index < -0.39 is 0 Å². The maximum Gasteiger partial charge on any atom is 0.387 e. The van der Waals surface area contributed by atoms with Crippen molar-refractivity contribution in [3.63, 3.8) is 0 Å². The zero-order chi connectivity index (χ0) is 15.6. The highest BCUT2D eigenvalue weighted by Crippen LogP contribution is 2.10. The second-order valence-electron chi connectivity index (χ2n) is 4.02. The van der Waals surface area contributed by atoms with Crippen LogP contribution < -0.4 is 4.84 Å². The van der Waals surface area contributed by atoms with Crippen LogP contribution in [0, 0.1) is 0 Å². The lowest BCUT2D eigenvalue weighted by Gasteiger charge is -2.06. The lowest BCUT2D eigenvalue weighted by molar-refractivity contribution is 0.322. The molecule has 0 spiro atoms. The predicted octanol–water partition coefficient (Wildman–Crippen LogP) is 2.39. The van der Waals surface area contributed by atoms with Gasteiger partial charge in [0.2, 0.25) is 0 Å². The van der Waals surface area contributed by atoms with Gasteiger partial charge in [-0.3, -0.25) is 0 Å². The van der Waals surface area contributed by atoms with E-state index >= 15 is 0 Å². The highest BCUT2D eigenvalue weighted by atomic mass is 28.2. The zero-order valence-electron chi connectivity index (χ0n) is 11.5. The van der Waals surface area contributed by atoms with E-state index in [1.54, 1.807) is 12.1 Å². The highest BCUT2D eigenvalue weighted by molar-refractivity contribution is 6.66. The Morgan fingerprint density at radius 1 is 0.955 bits per heavy atom. The second-order valence-corrected chi connectivity index (χ2v) is 4.21. The summed E-state index contributed by atoms with van der Waals surface area (Å²) in [5.74, 6) is 0.565. The molecule has 0 unspecified atom stereocenters. The van der Waals surface area contributed by atoms with Crippen molar-refractivity contribution in [2.24, 2.45) is 15.5 Å². The van der Waals surface area contributed by atoms with Crippen molar-refractivity contribution in [2.45, 2.75) is 0 Å². The molecule has 3 radical (unpaired) electrons. The van der Waals surface area contributed by atoms with Gasteiger partial charge in [0, 0.05) is 5.56 Å². The number of hydrogen-bond donors (Lipinski definition) is 1. The molecule has 6 nitrogen and oxygen atoms in total. The van der Waals surface area contributed by atoms with E-state index in [4.69, 9.17) is 10.0 Å². The summed E-state index contributed by atoms with van der Waals surface area (Å²) in [5.41, 5.74) is 1.25. The Kier molecular flexibility index (Phi) is 5.88. The van der Waals surface area contributed by atoms with Gasteiger partial charge in [0.25, 0.3) is 0 Å². The van der Waals surface area contributed by atoms with E-state index in [1.165, 1.54) is 0 Å². The fourth-order valence-corrected chi connectivity index (χ4v) is 1.75. The fourth-order valence-electron chi connectivity index (χ4n) is 1.65. The molecule has 0 aliphatic carbocycles. The summed E-state index contributed by atoms with van der Waals surface area (Å²) in [7, 11) is 2.78. The van der Waals surface area contributed by atoms with Crippen molar-refractivity contribution in [2.75, 3.05) is 0 Å². The molecule has 7 heteroatoms. The minimum Gasteiger partial charge on any atom is -0.453 e. The Morgan fingerprint density at radius 3 is 2.18 bits per heavy atom. The maximum absolute atomic E-state index is 8.77. The monoisotopic (exact) mass is 310 g/mol. The number of rotatable bonds is 6. The van der Waals surface area contributed by atoms with Crippen LogP contribution in [0.4, 0.5) is 0 Å². The number of oxime groups is 3. The van der Waals surface area contributed by atoms with Gasteiger partial charge in [0.1, 0.15) is 5.71 Å². The minimum absolute atomic E-state index is 0.180. The first kappa shape index (κ1) is 15.5. The SMILES string of the molecule is ON=CC(=NO[Si])C(=NOc1ccccc1)c1ccccc1. The summed E-state index contributed by atoms with van der Waals surface area (Å²) < 4.78 is 4.57. The van der Waals surface area contributed by atoms with Crippen LogP contribution >= 0.6 is 0 Å². The van der Waals surface area contributed by atoms with E-state index in [1.807, 2.05) is 48.5 Å². The third-order valence-electron chi connectivity index (χ3n) is 2.60. The van der Waals surface area contributed by atoms with Crippen LogP contribution in [0.1, 0.15) is 5.56 Å². The van der Waals surface area contributed by atoms with Gasteiger partial charge in [0.05, 0.1) is 6.21 Å². The number of para-hydroxylation sites is 1. The smallest absolute Gasteiger partial charge is 0.387 e. The molecule has 2 aromatic rings. The molecule has 109 valence electrons. The minimum atomic E-state index is 0.180. The Morgan fingerprint density at radius 2 is 1.59 bits per heavy atom. The van der Waals surface area contributed by atoms with Crippen LogP contribution in [-0.2, 0) is 4.53 Å². The molecule has 0 aliphatic rings. The molecule has 22 heavy (non-hydrogen) atoms. The number of hydrogen-bond acceptors (Lipinski definition) is 6. The molecule has 0 fully saturated rings. The Bertz CT molecular complexity index is 673. The molecule has 1 N–H and O–H groups in total. The van der Waals surface area contributed by atoms with Crippen molar-refractivity contribution in [1.82, 2.24) is 0 Å². The molecule has 0 amide bonds. The van der Waals surface area contributed by atoms with Crippen LogP contribution in [0.25, 0.3) is 0 Å². The summed E-state index contributed by atoms with van der Waals surface area (Å²) in [5, 5.41) is 19.5. The Balaban J connectivity index is 2.39. The van der Waals surface area contributed by atoms with Gasteiger partial charge in [-0.1, -0.05) is 64.0 Å². The van der Waals surface area contributed by atoms with Gasteiger partial charge >= 0.3 is 10.5 Å². The van der Waals surface area contributed by atoms with Crippen LogP contribution in [0.2, 0.25) is 0 Å². The highest BCUT2D eigenvalue weighted by Gasteiger charge is 2.12. The molecule has 0 atom stereocenters. The molecular formula is C15H12N3O3Si. The molecule has 0 saturated heterocycles. The Hall–Kier alpha value is -2.93. The molecule has 0 saturated carbocycles. The van der Waals surface area contributed by atoms with Crippen LogP contribution in [0.15, 0.2) is 76.1 Å². The van der Waals surface area contributed by atoms with Crippen molar-refractivity contribution in [3.8, 4) is 5.75 Å². The molecule has 0 heterocycles. The van der Waals surface area contributed by atoms with E-state index in [0.29, 0.717) is 11.5 Å². The predicted molar refractivity (Wildman–Crippen MR) is 84.6 cm³/mol. The van der Waals surface area contributed by atoms with Gasteiger partial charge in [-0.15, -0.1) is 0 Å². The van der Waals surface area contributed by atoms with Crippen LogP contribution in [0.5, 0.6) is 5.75 Å². The van der Waals surface area contributed by atoms with Gasteiger partial charge in [0.15, 0.2) is 11.5 Å². The van der Waals surface area contributed by atoms with E-state index in [0.717, 1.165) is 11.8 Å². The molecule has 0 bridgehead atoms. The largest absolute Gasteiger partial charge is 0.453 e.